The average Bonchev–Trinajstić information content (AvgIpc) is 3.66. The molecule has 2 unspecified atom stereocenters. The summed E-state index contributed by atoms with van der Waals surface area (Å²) in [5.74, 6) is 0.596. The number of hydrogen-bond donors (Lipinski definition) is 0. The third-order valence-corrected chi connectivity index (χ3v) is 11.9. The van der Waals surface area contributed by atoms with E-state index in [9.17, 15) is 4.79 Å². The Morgan fingerprint density at radius 3 is 2.06 bits per heavy atom. The van der Waals surface area contributed by atoms with E-state index < -0.39 is 40.5 Å². The van der Waals surface area contributed by atoms with Crippen molar-refractivity contribution in [1.82, 2.24) is 24.8 Å². The van der Waals surface area contributed by atoms with Crippen LogP contribution in [0.4, 0.5) is 34.0 Å². The van der Waals surface area contributed by atoms with Crippen LogP contribution in [-0.4, -0.2) is 103 Å². The number of aromatic nitrogens is 3. The number of ether oxygens (including phenoxy) is 4. The smallest absolute Gasteiger partial charge is 0.418 e. The third-order valence-electron chi connectivity index (χ3n) is 11.6. The van der Waals surface area contributed by atoms with Crippen molar-refractivity contribution < 1.29 is 41.3 Å². The molecule has 2 saturated heterocycles. The van der Waals surface area contributed by atoms with Gasteiger partial charge in [0, 0.05) is 50.2 Å². The van der Waals surface area contributed by atoms with Gasteiger partial charge in [0.1, 0.15) is 40.9 Å². The first-order chi connectivity index (χ1) is 30.3. The van der Waals surface area contributed by atoms with Gasteiger partial charge in [-0.1, -0.05) is 35.9 Å². The van der Waals surface area contributed by atoms with E-state index in [1.165, 1.54) is 19.1 Å². The molecule has 5 aromatic rings. The number of alkyl halides is 3. The Labute approximate surface area is 376 Å². The van der Waals surface area contributed by atoms with Crippen molar-refractivity contribution in [3.8, 4) is 28.8 Å². The topological polar surface area (TPSA) is 106 Å². The molecule has 2 atom stereocenters. The maximum absolute atomic E-state index is 17.7. The van der Waals surface area contributed by atoms with E-state index in [2.05, 4.69) is 14.9 Å². The molecule has 2 aromatic heterocycles. The van der Waals surface area contributed by atoms with Gasteiger partial charge >= 0.3 is 18.3 Å². The minimum absolute atomic E-state index is 0.0627. The number of rotatable bonds is 12. The van der Waals surface area contributed by atoms with Crippen molar-refractivity contribution in [1.29, 1.82) is 0 Å². The highest BCUT2D eigenvalue weighted by Crippen LogP contribution is 2.46. The van der Waals surface area contributed by atoms with Crippen LogP contribution in [0, 0.1) is 12.7 Å². The summed E-state index contributed by atoms with van der Waals surface area (Å²) >= 11 is 6.98. The molecule has 1 amide bonds. The molecular weight excluding hydrogens is 854 g/mol. The second kappa shape index (κ2) is 18.9. The summed E-state index contributed by atoms with van der Waals surface area (Å²) in [6.45, 7) is 10.9. The van der Waals surface area contributed by atoms with Crippen LogP contribution in [0.3, 0.4) is 0 Å². The fourth-order valence-electron chi connectivity index (χ4n) is 8.26. The summed E-state index contributed by atoms with van der Waals surface area (Å²) in [6.07, 6.45) is -3.56. The quantitative estimate of drug-likeness (QED) is 0.112. The number of pyridine rings is 1. The van der Waals surface area contributed by atoms with Crippen LogP contribution in [0.25, 0.3) is 22.2 Å². The van der Waals surface area contributed by atoms with Crippen LogP contribution in [0.5, 0.6) is 17.5 Å². The Balaban J connectivity index is 1.36. The monoisotopic (exact) mass is 907 g/mol. The highest BCUT2D eigenvalue weighted by Gasteiger charge is 2.40. The van der Waals surface area contributed by atoms with E-state index >= 15 is 17.6 Å². The molecule has 0 radical (unpaired) electrons. The van der Waals surface area contributed by atoms with Crippen LogP contribution >= 0.6 is 11.6 Å². The molecule has 3 aromatic carbocycles. The summed E-state index contributed by atoms with van der Waals surface area (Å²) < 4.78 is 86.0. The fourth-order valence-corrected chi connectivity index (χ4v) is 8.54. The molecule has 7 rings (SSSR count). The number of fused-ring (bicyclic) bond motifs is 1. The van der Waals surface area contributed by atoms with Gasteiger partial charge in [-0.15, -0.1) is 0 Å². The van der Waals surface area contributed by atoms with Crippen molar-refractivity contribution in [3.05, 3.63) is 93.8 Å². The summed E-state index contributed by atoms with van der Waals surface area (Å²) in [6, 6.07) is 16.9. The molecule has 0 spiro atoms. The Morgan fingerprint density at radius 2 is 1.53 bits per heavy atom. The number of piperazine rings is 1. The largest absolute Gasteiger partial charge is 0.497 e. The molecule has 0 aliphatic carbocycles. The predicted octanol–water partition coefficient (Wildman–Crippen LogP) is 9.95. The number of nitrogens with zero attached hydrogens (tertiary/aromatic N) is 7. The van der Waals surface area contributed by atoms with E-state index in [4.69, 9.17) is 35.5 Å². The Morgan fingerprint density at radius 1 is 0.906 bits per heavy atom. The van der Waals surface area contributed by atoms with E-state index in [-0.39, 0.29) is 90.5 Å². The zero-order chi connectivity index (χ0) is 46.1. The van der Waals surface area contributed by atoms with Crippen molar-refractivity contribution in [3.63, 3.8) is 0 Å². The van der Waals surface area contributed by atoms with Crippen molar-refractivity contribution in [2.24, 2.45) is 0 Å². The first-order valence-corrected chi connectivity index (χ1v) is 21.6. The van der Waals surface area contributed by atoms with E-state index in [0.717, 1.165) is 30.5 Å². The molecule has 342 valence electrons. The molecular formula is C47H54ClF4N7O5. The van der Waals surface area contributed by atoms with Crippen LogP contribution in [0.2, 0.25) is 5.02 Å². The van der Waals surface area contributed by atoms with Crippen LogP contribution in [0.1, 0.15) is 62.8 Å². The molecule has 4 heterocycles. The second-order valence-electron chi connectivity index (χ2n) is 17.4. The van der Waals surface area contributed by atoms with Crippen LogP contribution in [-0.2, 0) is 24.0 Å². The minimum atomic E-state index is -4.95. The van der Waals surface area contributed by atoms with Crippen LogP contribution in [0.15, 0.2) is 60.7 Å². The average molecular weight is 908 g/mol. The lowest BCUT2D eigenvalue weighted by molar-refractivity contribution is -0.137. The number of hydrogen-bond acceptors (Lipinski definition) is 11. The van der Waals surface area contributed by atoms with Gasteiger partial charge in [-0.25, -0.2) is 14.2 Å². The number of aryl methyl sites for hydroxylation is 1. The van der Waals surface area contributed by atoms with Gasteiger partial charge in [-0.2, -0.15) is 23.1 Å². The molecule has 0 saturated carbocycles. The van der Waals surface area contributed by atoms with Crippen molar-refractivity contribution in [2.45, 2.75) is 84.4 Å². The number of anilines is 2. The molecule has 2 aliphatic rings. The second-order valence-corrected chi connectivity index (χ2v) is 17.8. The van der Waals surface area contributed by atoms with Gasteiger partial charge in [-0.05, 0) is 114 Å². The van der Waals surface area contributed by atoms with Gasteiger partial charge in [-0.3, -0.25) is 0 Å². The molecule has 12 nitrogen and oxygen atoms in total. The van der Waals surface area contributed by atoms with Gasteiger partial charge in [0.2, 0.25) is 0 Å². The van der Waals surface area contributed by atoms with E-state index in [1.807, 2.05) is 48.0 Å². The molecule has 2 aliphatic heterocycles. The first kappa shape index (κ1) is 46.4. The molecule has 64 heavy (non-hydrogen) atoms. The lowest BCUT2D eigenvalue weighted by Gasteiger charge is -2.41. The number of halogens is 5. The SMILES string of the molecule is COc1ccc(CN(Cc2ccc(OC)cc2)c2cc(C)c(C(F)(F)F)c(-c3c(Cl)cc4c(N5CCN(C(=O)OC(C)(C)C)CC5C)nc(OCC5CCCN5C)nc4c3F)n2)cc1. The molecule has 0 N–H and O–H groups in total. The Kier molecular flexibility index (Phi) is 13.7. The zero-order valence-corrected chi connectivity index (χ0v) is 38.1. The van der Waals surface area contributed by atoms with Gasteiger partial charge in [0.25, 0.3) is 0 Å². The number of likely N-dealkylation sites (tertiary alicyclic amines) is 1. The number of likely N-dealkylation sites (N-methyl/N-ethyl adjacent to an activating group) is 1. The number of benzene rings is 3. The zero-order valence-electron chi connectivity index (χ0n) is 37.4. The number of amides is 1. The minimum Gasteiger partial charge on any atom is -0.497 e. The molecule has 0 bridgehead atoms. The fraction of sp³-hybridized carbons (Fsp3) is 0.447. The highest BCUT2D eigenvalue weighted by molar-refractivity contribution is 6.34. The highest BCUT2D eigenvalue weighted by atomic mass is 35.5. The van der Waals surface area contributed by atoms with Crippen molar-refractivity contribution in [2.75, 3.05) is 63.9 Å². The summed E-state index contributed by atoms with van der Waals surface area (Å²) in [4.78, 5) is 34.5. The predicted molar refractivity (Wildman–Crippen MR) is 239 cm³/mol. The van der Waals surface area contributed by atoms with Crippen LogP contribution < -0.4 is 24.0 Å². The summed E-state index contributed by atoms with van der Waals surface area (Å²) in [5.41, 5.74) is -1.89. The normalized spacial score (nSPS) is 17.2. The first-order valence-electron chi connectivity index (χ1n) is 21.2. The number of methoxy groups -OCH3 is 2. The lowest BCUT2D eigenvalue weighted by Crippen LogP contribution is -2.55. The molecule has 17 heteroatoms. The Hall–Kier alpha value is -5.61. The maximum atomic E-state index is 17.7. The van der Waals surface area contributed by atoms with E-state index in [1.54, 1.807) is 64.2 Å². The van der Waals surface area contributed by atoms with Crippen molar-refractivity contribution >= 4 is 40.2 Å². The standard InChI is InChI=1S/C47H54ClF4N7O5/c1-28-22-37(58(25-30-11-15-33(61-7)16-12-30)26-31-13-17-34(62-8)18-14-31)53-42(39(28)47(50,51)52)38-36(48)23-35-41(40(38)49)54-44(63-27-32-10-9-19-56(32)6)55-43(35)59-21-20-57(24-29(59)2)45(60)64-46(3,4)5/h11-18,22-23,29,32H,9-10,19-21,24-27H2,1-8H3. The maximum Gasteiger partial charge on any atom is 0.418 e. The Bertz CT molecular complexity index is 2420. The number of carbonyl (C=O) groups is 1. The summed E-state index contributed by atoms with van der Waals surface area (Å²) in [5, 5.41) is -0.154. The third kappa shape index (κ3) is 10.3. The number of carbonyl (C=O) groups excluding carboxylic acids is 1. The lowest BCUT2D eigenvalue weighted by atomic mass is 9.98. The summed E-state index contributed by atoms with van der Waals surface area (Å²) in [7, 11) is 5.11. The van der Waals surface area contributed by atoms with Gasteiger partial charge in [0.15, 0.2) is 5.82 Å². The molecule has 2 fully saturated rings. The van der Waals surface area contributed by atoms with E-state index in [0.29, 0.717) is 11.5 Å². The van der Waals surface area contributed by atoms with Gasteiger partial charge in [0.05, 0.1) is 36.1 Å². The van der Waals surface area contributed by atoms with Gasteiger partial charge < -0.3 is 38.5 Å².